The van der Waals surface area contributed by atoms with Crippen LogP contribution in [0.25, 0.3) is 5.70 Å². The zero-order valence-corrected chi connectivity index (χ0v) is 10.8. The lowest BCUT2D eigenvalue weighted by Gasteiger charge is -2.30. The standard InChI is InChI=1S/C15H14N2O2/c1-15(2)10-12(17-9-4-3-7-13(17)18)11-6-5-8-16-14(11)19-15/h3-10H,1-2H3. The molecule has 3 heterocycles. The van der Waals surface area contributed by atoms with Gasteiger partial charge < -0.3 is 4.74 Å². The SMILES string of the molecule is CC1(C)C=C(n2ccccc2=O)c2cccnc2O1. The first-order valence-corrected chi connectivity index (χ1v) is 6.12. The second-order valence-electron chi connectivity index (χ2n) is 5.00. The zero-order valence-electron chi connectivity index (χ0n) is 10.8. The Morgan fingerprint density at radius 2 is 2.05 bits per heavy atom. The Kier molecular flexibility index (Phi) is 2.52. The van der Waals surface area contributed by atoms with E-state index < -0.39 is 5.60 Å². The van der Waals surface area contributed by atoms with Gasteiger partial charge in [0.2, 0.25) is 5.88 Å². The van der Waals surface area contributed by atoms with Crippen molar-refractivity contribution in [2.45, 2.75) is 19.4 Å². The fourth-order valence-electron chi connectivity index (χ4n) is 2.18. The Bertz CT molecular complexity index is 714. The molecule has 1 aliphatic heterocycles. The normalized spacial score (nSPS) is 16.2. The lowest BCUT2D eigenvalue weighted by Crippen LogP contribution is -2.32. The van der Waals surface area contributed by atoms with E-state index in [2.05, 4.69) is 4.98 Å². The van der Waals surface area contributed by atoms with Crippen LogP contribution in [-0.4, -0.2) is 15.2 Å². The topological polar surface area (TPSA) is 44.1 Å². The highest BCUT2D eigenvalue weighted by molar-refractivity contribution is 5.72. The molecule has 0 radical (unpaired) electrons. The van der Waals surface area contributed by atoms with Crippen LogP contribution >= 0.6 is 0 Å². The number of hydrogen-bond donors (Lipinski definition) is 0. The third-order valence-electron chi connectivity index (χ3n) is 2.97. The highest BCUT2D eigenvalue weighted by atomic mass is 16.5. The van der Waals surface area contributed by atoms with E-state index in [4.69, 9.17) is 4.74 Å². The van der Waals surface area contributed by atoms with Crippen LogP contribution < -0.4 is 10.3 Å². The predicted molar refractivity (Wildman–Crippen MR) is 73.0 cm³/mol. The molecule has 19 heavy (non-hydrogen) atoms. The molecule has 0 amide bonds. The maximum absolute atomic E-state index is 12.0. The van der Waals surface area contributed by atoms with E-state index in [-0.39, 0.29) is 5.56 Å². The number of aromatic nitrogens is 2. The molecule has 0 bridgehead atoms. The first-order chi connectivity index (χ1) is 9.07. The molecule has 0 unspecified atom stereocenters. The minimum Gasteiger partial charge on any atom is -0.467 e. The summed E-state index contributed by atoms with van der Waals surface area (Å²) in [6.45, 7) is 3.89. The number of rotatable bonds is 1. The quantitative estimate of drug-likeness (QED) is 0.784. The number of pyridine rings is 2. The first kappa shape index (κ1) is 11.7. The molecule has 0 saturated heterocycles. The van der Waals surface area contributed by atoms with Gasteiger partial charge in [-0.1, -0.05) is 6.07 Å². The average Bonchev–Trinajstić information content (AvgIpc) is 2.37. The molecule has 0 saturated carbocycles. The summed E-state index contributed by atoms with van der Waals surface area (Å²) >= 11 is 0. The average molecular weight is 254 g/mol. The molecule has 0 spiro atoms. The van der Waals surface area contributed by atoms with Crippen molar-refractivity contribution >= 4 is 5.70 Å². The molecule has 1 aliphatic rings. The van der Waals surface area contributed by atoms with Gasteiger partial charge in [0.05, 0.1) is 11.3 Å². The Labute approximate surface area is 111 Å². The summed E-state index contributed by atoms with van der Waals surface area (Å²) in [5, 5.41) is 0. The van der Waals surface area contributed by atoms with Crippen LogP contribution in [0, 0.1) is 0 Å². The van der Waals surface area contributed by atoms with Gasteiger partial charge in [0.15, 0.2) is 0 Å². The molecule has 4 nitrogen and oxygen atoms in total. The second-order valence-corrected chi connectivity index (χ2v) is 5.00. The largest absolute Gasteiger partial charge is 0.467 e. The molecule has 96 valence electrons. The van der Waals surface area contributed by atoms with Crippen LogP contribution in [0.1, 0.15) is 19.4 Å². The van der Waals surface area contributed by atoms with E-state index in [1.165, 1.54) is 0 Å². The second kappa shape index (κ2) is 4.09. The van der Waals surface area contributed by atoms with Gasteiger partial charge in [-0.05, 0) is 38.1 Å². The van der Waals surface area contributed by atoms with Crippen molar-refractivity contribution < 1.29 is 4.74 Å². The Morgan fingerprint density at radius 1 is 1.21 bits per heavy atom. The summed E-state index contributed by atoms with van der Waals surface area (Å²) in [5.41, 5.74) is 1.08. The van der Waals surface area contributed by atoms with Crippen molar-refractivity contribution in [3.8, 4) is 5.88 Å². The highest BCUT2D eigenvalue weighted by Crippen LogP contribution is 2.34. The molecule has 0 aromatic carbocycles. The van der Waals surface area contributed by atoms with Crippen molar-refractivity contribution in [3.05, 3.63) is 64.7 Å². The van der Waals surface area contributed by atoms with Gasteiger partial charge in [-0.15, -0.1) is 0 Å². The van der Waals surface area contributed by atoms with E-state index in [0.717, 1.165) is 11.3 Å². The van der Waals surface area contributed by atoms with Crippen LogP contribution in [0.3, 0.4) is 0 Å². The van der Waals surface area contributed by atoms with Crippen LogP contribution in [0.5, 0.6) is 5.88 Å². The predicted octanol–water partition coefficient (Wildman–Crippen LogP) is 2.30. The van der Waals surface area contributed by atoms with Gasteiger partial charge in [0.25, 0.3) is 5.56 Å². The van der Waals surface area contributed by atoms with Crippen LogP contribution in [0.15, 0.2) is 53.6 Å². The summed E-state index contributed by atoms with van der Waals surface area (Å²) in [4.78, 5) is 16.2. The van der Waals surface area contributed by atoms with Gasteiger partial charge >= 0.3 is 0 Å². The van der Waals surface area contributed by atoms with Crippen molar-refractivity contribution in [1.82, 2.24) is 9.55 Å². The van der Waals surface area contributed by atoms with Crippen molar-refractivity contribution in [1.29, 1.82) is 0 Å². The summed E-state index contributed by atoms with van der Waals surface area (Å²) in [6, 6.07) is 8.85. The zero-order chi connectivity index (χ0) is 13.5. The van der Waals surface area contributed by atoms with E-state index in [0.29, 0.717) is 5.88 Å². The van der Waals surface area contributed by atoms with Crippen molar-refractivity contribution in [3.63, 3.8) is 0 Å². The lowest BCUT2D eigenvalue weighted by atomic mass is 10.0. The monoisotopic (exact) mass is 254 g/mol. The van der Waals surface area contributed by atoms with Crippen LogP contribution in [-0.2, 0) is 0 Å². The lowest BCUT2D eigenvalue weighted by molar-refractivity contribution is 0.149. The molecule has 0 fully saturated rings. The van der Waals surface area contributed by atoms with Crippen molar-refractivity contribution in [2.75, 3.05) is 0 Å². The maximum atomic E-state index is 12.0. The smallest absolute Gasteiger partial charge is 0.255 e. The van der Waals surface area contributed by atoms with Gasteiger partial charge in [0, 0.05) is 18.5 Å². The third kappa shape index (κ3) is 2.05. The maximum Gasteiger partial charge on any atom is 0.255 e. The molecule has 0 N–H and O–H groups in total. The molecule has 2 aromatic rings. The highest BCUT2D eigenvalue weighted by Gasteiger charge is 2.28. The Balaban J connectivity index is 2.27. The minimum absolute atomic E-state index is 0.0683. The molecule has 4 heteroatoms. The molecular weight excluding hydrogens is 240 g/mol. The van der Waals surface area contributed by atoms with Gasteiger partial charge in [0.1, 0.15) is 5.60 Å². The molecule has 0 atom stereocenters. The number of fused-ring (bicyclic) bond motifs is 1. The molecule has 3 rings (SSSR count). The Hall–Kier alpha value is -2.36. The summed E-state index contributed by atoms with van der Waals surface area (Å²) in [5.74, 6) is 0.556. The third-order valence-corrected chi connectivity index (χ3v) is 2.97. The van der Waals surface area contributed by atoms with Crippen LogP contribution in [0.4, 0.5) is 0 Å². The van der Waals surface area contributed by atoms with E-state index >= 15 is 0 Å². The molecule has 0 aliphatic carbocycles. The van der Waals surface area contributed by atoms with E-state index in [1.807, 2.05) is 38.1 Å². The fourth-order valence-corrected chi connectivity index (χ4v) is 2.18. The Morgan fingerprint density at radius 3 is 2.84 bits per heavy atom. The van der Waals surface area contributed by atoms with Crippen molar-refractivity contribution in [2.24, 2.45) is 0 Å². The van der Waals surface area contributed by atoms with E-state index in [1.54, 1.807) is 29.1 Å². The minimum atomic E-state index is -0.494. The van der Waals surface area contributed by atoms with Gasteiger partial charge in [-0.3, -0.25) is 9.36 Å². The van der Waals surface area contributed by atoms with Gasteiger partial charge in [-0.2, -0.15) is 0 Å². The fraction of sp³-hybridized carbons (Fsp3) is 0.200. The number of nitrogens with zero attached hydrogens (tertiary/aromatic N) is 2. The number of hydrogen-bond acceptors (Lipinski definition) is 3. The first-order valence-electron chi connectivity index (χ1n) is 6.12. The number of ether oxygens (including phenoxy) is 1. The van der Waals surface area contributed by atoms with Crippen LogP contribution in [0.2, 0.25) is 0 Å². The van der Waals surface area contributed by atoms with E-state index in [9.17, 15) is 4.79 Å². The summed E-state index contributed by atoms with van der Waals surface area (Å²) < 4.78 is 7.42. The summed E-state index contributed by atoms with van der Waals surface area (Å²) in [6.07, 6.45) is 5.39. The summed E-state index contributed by atoms with van der Waals surface area (Å²) in [7, 11) is 0. The molecular formula is C15H14N2O2. The van der Waals surface area contributed by atoms with Gasteiger partial charge in [-0.25, -0.2) is 4.98 Å². The molecule has 2 aromatic heterocycles.